The molecule has 0 atom stereocenters. The molecule has 1 N–H and O–H groups in total. The molecule has 0 unspecified atom stereocenters. The van der Waals surface area contributed by atoms with Gasteiger partial charge in [-0.2, -0.15) is 0 Å². The zero-order valence-electron chi connectivity index (χ0n) is 10.1. The number of aliphatic hydroxyl groups is 1. The van der Waals surface area contributed by atoms with Crippen molar-refractivity contribution in [2.75, 3.05) is 13.4 Å². The van der Waals surface area contributed by atoms with Gasteiger partial charge in [-0.25, -0.2) is 8.42 Å². The Morgan fingerprint density at radius 1 is 1.35 bits per heavy atom. The van der Waals surface area contributed by atoms with E-state index >= 15 is 0 Å². The van der Waals surface area contributed by atoms with Gasteiger partial charge in [-0.15, -0.1) is 0 Å². The van der Waals surface area contributed by atoms with Crippen molar-refractivity contribution in [1.82, 2.24) is 0 Å². The Morgan fingerprint density at radius 3 is 2.35 bits per heavy atom. The highest BCUT2D eigenvalue weighted by Gasteiger charge is 2.45. The lowest BCUT2D eigenvalue weighted by atomic mass is 10.0. The third-order valence-electron chi connectivity index (χ3n) is 3.12. The highest BCUT2D eigenvalue weighted by molar-refractivity contribution is 7.90. The maximum absolute atomic E-state index is 11.7. The summed E-state index contributed by atoms with van der Waals surface area (Å²) in [4.78, 5) is 0.204. The van der Waals surface area contributed by atoms with Gasteiger partial charge in [0.1, 0.15) is 5.75 Å². The molecular weight excluding hydrogens is 240 g/mol. The number of sulfone groups is 1. The van der Waals surface area contributed by atoms with Gasteiger partial charge in [0, 0.05) is 11.8 Å². The quantitative estimate of drug-likeness (QED) is 0.887. The first kappa shape index (κ1) is 12.4. The van der Waals surface area contributed by atoms with Gasteiger partial charge in [-0.3, -0.25) is 0 Å². The molecule has 0 amide bonds. The van der Waals surface area contributed by atoms with Crippen LogP contribution in [0.5, 0.6) is 5.75 Å². The second-order valence-electron chi connectivity index (χ2n) is 4.62. The van der Waals surface area contributed by atoms with Crippen LogP contribution in [0.1, 0.15) is 24.0 Å². The fourth-order valence-corrected chi connectivity index (χ4v) is 2.98. The van der Waals surface area contributed by atoms with E-state index in [9.17, 15) is 13.5 Å². The number of ether oxygens (including phenoxy) is 1. The number of hydrogen-bond donors (Lipinski definition) is 1. The number of rotatable bonds is 3. The molecular formula is C12H16O4S. The molecule has 0 saturated heterocycles. The molecule has 0 heterocycles. The standard InChI is InChI=1S/C12H16O4S/c1-8-6-11(17(3,14)15)9(7-10(8)16-2)12(13)4-5-12/h6-7,13H,4-5H2,1-3H3. The Hall–Kier alpha value is -1.07. The summed E-state index contributed by atoms with van der Waals surface area (Å²) in [6.45, 7) is 1.79. The Labute approximate surface area is 101 Å². The van der Waals surface area contributed by atoms with E-state index in [4.69, 9.17) is 4.74 Å². The minimum atomic E-state index is -3.34. The summed E-state index contributed by atoms with van der Waals surface area (Å²) in [5, 5.41) is 10.1. The summed E-state index contributed by atoms with van der Waals surface area (Å²) in [5.74, 6) is 0.604. The van der Waals surface area contributed by atoms with Gasteiger partial charge < -0.3 is 9.84 Å². The second kappa shape index (κ2) is 3.71. The zero-order chi connectivity index (χ0) is 12.8. The van der Waals surface area contributed by atoms with E-state index in [-0.39, 0.29) is 4.90 Å². The van der Waals surface area contributed by atoms with Gasteiger partial charge in [0.15, 0.2) is 9.84 Å². The summed E-state index contributed by atoms with van der Waals surface area (Å²) in [5.41, 5.74) is 0.225. The van der Waals surface area contributed by atoms with Gasteiger partial charge in [-0.1, -0.05) is 0 Å². The van der Waals surface area contributed by atoms with E-state index in [2.05, 4.69) is 0 Å². The fraction of sp³-hybridized carbons (Fsp3) is 0.500. The molecule has 0 spiro atoms. The van der Waals surface area contributed by atoms with Gasteiger partial charge >= 0.3 is 0 Å². The van der Waals surface area contributed by atoms with Crippen LogP contribution < -0.4 is 4.74 Å². The van der Waals surface area contributed by atoms with E-state index < -0.39 is 15.4 Å². The molecule has 2 rings (SSSR count). The average molecular weight is 256 g/mol. The van der Waals surface area contributed by atoms with Crippen LogP contribution in [0.15, 0.2) is 17.0 Å². The molecule has 0 aromatic heterocycles. The fourth-order valence-electron chi connectivity index (χ4n) is 1.94. The third-order valence-corrected chi connectivity index (χ3v) is 4.26. The molecule has 0 aliphatic heterocycles. The van der Waals surface area contributed by atoms with Crippen LogP contribution in [0, 0.1) is 6.92 Å². The van der Waals surface area contributed by atoms with Crippen LogP contribution in [0.25, 0.3) is 0 Å². The predicted molar refractivity (Wildman–Crippen MR) is 64.0 cm³/mol. The van der Waals surface area contributed by atoms with E-state index in [1.807, 2.05) is 0 Å². The first-order valence-corrected chi connectivity index (χ1v) is 7.28. The number of hydrogen-bond acceptors (Lipinski definition) is 4. The number of benzene rings is 1. The first-order chi connectivity index (χ1) is 7.78. The maximum atomic E-state index is 11.7. The van der Waals surface area contributed by atoms with Crippen LogP contribution in [-0.4, -0.2) is 26.9 Å². The van der Waals surface area contributed by atoms with Crippen molar-refractivity contribution in [3.63, 3.8) is 0 Å². The normalized spacial score (nSPS) is 17.9. The Kier molecular flexibility index (Phi) is 2.71. The van der Waals surface area contributed by atoms with Crippen molar-refractivity contribution in [3.05, 3.63) is 23.3 Å². The van der Waals surface area contributed by atoms with Gasteiger partial charge in [0.25, 0.3) is 0 Å². The van der Waals surface area contributed by atoms with Crippen molar-refractivity contribution < 1.29 is 18.3 Å². The van der Waals surface area contributed by atoms with E-state index in [0.29, 0.717) is 24.2 Å². The van der Waals surface area contributed by atoms with E-state index in [1.165, 1.54) is 7.11 Å². The molecule has 1 aromatic carbocycles. The molecule has 1 saturated carbocycles. The molecule has 17 heavy (non-hydrogen) atoms. The molecule has 0 radical (unpaired) electrons. The van der Waals surface area contributed by atoms with Crippen molar-refractivity contribution in [2.24, 2.45) is 0 Å². The summed E-state index contributed by atoms with van der Waals surface area (Å²) < 4.78 is 28.6. The van der Waals surface area contributed by atoms with Crippen molar-refractivity contribution in [2.45, 2.75) is 30.3 Å². The average Bonchev–Trinajstić information content (AvgIpc) is 2.95. The van der Waals surface area contributed by atoms with Crippen molar-refractivity contribution in [1.29, 1.82) is 0 Å². The summed E-state index contributed by atoms with van der Waals surface area (Å²) in [6, 6.07) is 3.21. The molecule has 0 bridgehead atoms. The molecule has 1 aliphatic carbocycles. The van der Waals surface area contributed by atoms with Crippen LogP contribution in [0.2, 0.25) is 0 Å². The van der Waals surface area contributed by atoms with Crippen LogP contribution in [0.3, 0.4) is 0 Å². The molecule has 1 aromatic rings. The van der Waals surface area contributed by atoms with Crippen molar-refractivity contribution >= 4 is 9.84 Å². The molecule has 4 nitrogen and oxygen atoms in total. The van der Waals surface area contributed by atoms with E-state index in [0.717, 1.165) is 11.8 Å². The van der Waals surface area contributed by atoms with Crippen LogP contribution in [0.4, 0.5) is 0 Å². The highest BCUT2D eigenvalue weighted by atomic mass is 32.2. The smallest absolute Gasteiger partial charge is 0.175 e. The van der Waals surface area contributed by atoms with Crippen molar-refractivity contribution in [3.8, 4) is 5.75 Å². The van der Waals surface area contributed by atoms with E-state index in [1.54, 1.807) is 19.1 Å². The molecule has 5 heteroatoms. The lowest BCUT2D eigenvalue weighted by Gasteiger charge is -2.16. The Bertz CT molecular complexity index is 556. The van der Waals surface area contributed by atoms with Crippen LogP contribution in [-0.2, 0) is 15.4 Å². The minimum Gasteiger partial charge on any atom is -0.496 e. The zero-order valence-corrected chi connectivity index (χ0v) is 11.0. The van der Waals surface area contributed by atoms with Gasteiger partial charge in [-0.05, 0) is 37.5 Å². The van der Waals surface area contributed by atoms with Gasteiger partial charge in [0.05, 0.1) is 17.6 Å². The monoisotopic (exact) mass is 256 g/mol. The predicted octanol–water partition coefficient (Wildman–Crippen LogP) is 1.39. The highest BCUT2D eigenvalue weighted by Crippen LogP contribution is 2.48. The summed E-state index contributed by atoms with van der Waals surface area (Å²) >= 11 is 0. The lowest BCUT2D eigenvalue weighted by molar-refractivity contribution is 0.148. The summed E-state index contributed by atoms with van der Waals surface area (Å²) in [6.07, 6.45) is 2.35. The maximum Gasteiger partial charge on any atom is 0.175 e. The first-order valence-electron chi connectivity index (χ1n) is 5.39. The Balaban J connectivity index is 2.70. The molecule has 1 fully saturated rings. The minimum absolute atomic E-state index is 0.204. The third kappa shape index (κ3) is 2.17. The molecule has 1 aliphatic rings. The van der Waals surface area contributed by atoms with Crippen LogP contribution >= 0.6 is 0 Å². The molecule has 94 valence electrons. The van der Waals surface area contributed by atoms with Gasteiger partial charge in [0.2, 0.25) is 0 Å². The number of methoxy groups -OCH3 is 1. The second-order valence-corrected chi connectivity index (χ2v) is 6.61. The topological polar surface area (TPSA) is 63.6 Å². The largest absolute Gasteiger partial charge is 0.496 e. The lowest BCUT2D eigenvalue weighted by Crippen LogP contribution is -2.12. The summed E-state index contributed by atoms with van der Waals surface area (Å²) in [7, 11) is -1.81. The number of aryl methyl sites for hydroxylation is 1. The SMILES string of the molecule is COc1cc(C2(O)CC2)c(S(C)(=O)=O)cc1C. The Morgan fingerprint density at radius 2 is 1.94 bits per heavy atom.